The van der Waals surface area contributed by atoms with Crippen LogP contribution in [0.15, 0.2) is 40.4 Å². The van der Waals surface area contributed by atoms with E-state index < -0.39 is 26.4 Å². The number of rotatable bonds is 7. The number of nitrogens with two attached hydrogens (primary N) is 1. The van der Waals surface area contributed by atoms with Gasteiger partial charge in [-0.2, -0.15) is 13.9 Å². The Morgan fingerprint density at radius 1 is 1.23 bits per heavy atom. The molecule has 0 spiro atoms. The molecule has 0 saturated heterocycles. The summed E-state index contributed by atoms with van der Waals surface area (Å²) in [5.41, 5.74) is 1.86. The molecule has 14 heteroatoms. The molecule has 0 fully saturated rings. The first-order chi connectivity index (χ1) is 14.1. The Labute approximate surface area is 174 Å². The summed E-state index contributed by atoms with van der Waals surface area (Å²) < 4.78 is 50.7. The van der Waals surface area contributed by atoms with Gasteiger partial charge < -0.3 is 11.2 Å². The van der Waals surface area contributed by atoms with Crippen LogP contribution in [0.25, 0.3) is 5.95 Å². The third-order valence-corrected chi connectivity index (χ3v) is 6.22. The van der Waals surface area contributed by atoms with E-state index in [9.17, 15) is 22.0 Å². The van der Waals surface area contributed by atoms with Crippen molar-refractivity contribution in [3.63, 3.8) is 0 Å². The molecule has 3 rings (SSSR count). The highest BCUT2D eigenvalue weighted by atomic mass is 32.2. The Kier molecular flexibility index (Phi) is 6.07. The van der Waals surface area contributed by atoms with Crippen molar-refractivity contribution < 1.29 is 22.0 Å². The van der Waals surface area contributed by atoms with Gasteiger partial charge in [-0.05, 0) is 44.2 Å². The van der Waals surface area contributed by atoms with Gasteiger partial charge in [0.15, 0.2) is 0 Å². The number of hydrogen-bond acceptors (Lipinski definition) is 8. The molecule has 10 nitrogen and oxygen atoms in total. The number of carbonyl (C=O) groups is 1. The fourth-order valence-corrected chi connectivity index (χ4v) is 3.87. The number of nitrogen functional groups attached to an aromatic ring is 1. The maximum absolute atomic E-state index is 12.5. The van der Waals surface area contributed by atoms with Crippen molar-refractivity contribution in [2.45, 2.75) is 29.7 Å². The summed E-state index contributed by atoms with van der Waals surface area (Å²) in [5.74, 6) is 2.28. The van der Waals surface area contributed by atoms with Crippen molar-refractivity contribution in [2.75, 3.05) is 16.9 Å². The molecular formula is C16H17F2N7O3S2. The number of benzene rings is 1. The molecule has 0 radical (unpaired) electrons. The normalized spacial score (nSPS) is 11.8. The number of nitrogens with zero attached hydrogens (tertiary/aromatic N) is 5. The first-order valence-electron chi connectivity index (χ1n) is 8.38. The molecule has 2 heterocycles. The minimum absolute atomic E-state index is 0.0659. The van der Waals surface area contributed by atoms with Crippen LogP contribution in [-0.2, 0) is 14.6 Å². The lowest BCUT2D eigenvalue weighted by Gasteiger charge is -2.07. The Morgan fingerprint density at radius 3 is 2.47 bits per heavy atom. The number of halogens is 2. The Balaban J connectivity index is 1.62. The van der Waals surface area contributed by atoms with E-state index in [-0.39, 0.29) is 16.6 Å². The number of nitrogens with one attached hydrogen (secondary N) is 1. The van der Waals surface area contributed by atoms with E-state index in [1.165, 1.54) is 21.5 Å². The second-order valence-corrected chi connectivity index (χ2v) is 9.02. The van der Waals surface area contributed by atoms with Crippen LogP contribution in [0.1, 0.15) is 11.4 Å². The first-order valence-corrected chi connectivity index (χ1v) is 10.9. The van der Waals surface area contributed by atoms with Crippen LogP contribution in [0.5, 0.6) is 0 Å². The molecule has 0 atom stereocenters. The minimum Gasteiger partial charge on any atom is -0.334 e. The zero-order chi connectivity index (χ0) is 22.1. The number of thioether (sulfide) groups is 1. The molecule has 3 aromatic rings. The molecule has 0 unspecified atom stereocenters. The monoisotopic (exact) mass is 457 g/mol. The number of anilines is 1. The van der Waals surface area contributed by atoms with Crippen LogP contribution < -0.4 is 11.2 Å². The maximum atomic E-state index is 12.5. The Hall–Kier alpha value is -3.00. The van der Waals surface area contributed by atoms with E-state index in [2.05, 4.69) is 20.6 Å². The van der Waals surface area contributed by atoms with Crippen molar-refractivity contribution in [3.8, 4) is 5.95 Å². The first kappa shape index (κ1) is 21.7. The van der Waals surface area contributed by atoms with Gasteiger partial charge in [0.2, 0.25) is 20.9 Å². The molecule has 0 saturated carbocycles. The van der Waals surface area contributed by atoms with Crippen LogP contribution in [-0.4, -0.2) is 50.5 Å². The van der Waals surface area contributed by atoms with E-state index in [0.717, 1.165) is 35.3 Å². The SMILES string of the molecule is Cc1cc(C)n(-c2nnc(SCC(=O)Nc3ccc(S(=O)(=O)C(F)F)cc3)n2N)n1. The summed E-state index contributed by atoms with van der Waals surface area (Å²) >= 11 is 1.03. The molecule has 1 aromatic carbocycles. The largest absolute Gasteiger partial charge is 0.341 e. The zero-order valence-electron chi connectivity index (χ0n) is 15.8. The Bertz CT molecular complexity index is 1170. The van der Waals surface area contributed by atoms with E-state index in [1.54, 1.807) is 0 Å². The number of hydrogen-bond donors (Lipinski definition) is 2. The lowest BCUT2D eigenvalue weighted by atomic mass is 10.3. The summed E-state index contributed by atoms with van der Waals surface area (Å²) in [4.78, 5) is 11.6. The summed E-state index contributed by atoms with van der Waals surface area (Å²) in [6.07, 6.45) is 0. The van der Waals surface area contributed by atoms with Gasteiger partial charge in [-0.3, -0.25) is 4.79 Å². The highest BCUT2D eigenvalue weighted by Gasteiger charge is 2.26. The molecule has 3 N–H and O–H groups in total. The molecule has 0 aliphatic carbocycles. The molecule has 0 bridgehead atoms. The zero-order valence-corrected chi connectivity index (χ0v) is 17.4. The highest BCUT2D eigenvalue weighted by Crippen LogP contribution is 2.21. The van der Waals surface area contributed by atoms with E-state index in [4.69, 9.17) is 5.84 Å². The molecule has 30 heavy (non-hydrogen) atoms. The van der Waals surface area contributed by atoms with Gasteiger partial charge in [0.25, 0.3) is 5.95 Å². The van der Waals surface area contributed by atoms with Gasteiger partial charge in [0.05, 0.1) is 16.3 Å². The summed E-state index contributed by atoms with van der Waals surface area (Å²) in [6.45, 7) is 3.67. The van der Waals surface area contributed by atoms with Crippen molar-refractivity contribution >= 4 is 33.2 Å². The second-order valence-electron chi connectivity index (χ2n) is 6.16. The number of aryl methyl sites for hydroxylation is 2. The van der Waals surface area contributed by atoms with Gasteiger partial charge in [0.1, 0.15) is 0 Å². The molecule has 160 valence electrons. The molecule has 0 aliphatic rings. The molecular weight excluding hydrogens is 440 g/mol. The minimum atomic E-state index is -4.68. The third kappa shape index (κ3) is 4.43. The number of amides is 1. The summed E-state index contributed by atoms with van der Waals surface area (Å²) in [5, 5.41) is 15.0. The predicted molar refractivity (Wildman–Crippen MR) is 106 cm³/mol. The van der Waals surface area contributed by atoms with E-state index in [1.807, 2.05) is 19.9 Å². The molecule has 2 aromatic heterocycles. The average molecular weight is 457 g/mol. The number of carbonyl (C=O) groups excluding carboxylic acids is 1. The van der Waals surface area contributed by atoms with Crippen molar-refractivity contribution in [1.29, 1.82) is 0 Å². The topological polar surface area (TPSA) is 138 Å². The lowest BCUT2D eigenvalue weighted by molar-refractivity contribution is -0.113. The average Bonchev–Trinajstić information content (AvgIpc) is 3.21. The quantitative estimate of drug-likeness (QED) is 0.402. The van der Waals surface area contributed by atoms with Crippen LogP contribution in [0.3, 0.4) is 0 Å². The van der Waals surface area contributed by atoms with Crippen molar-refractivity contribution in [1.82, 2.24) is 24.7 Å². The molecule has 0 aliphatic heterocycles. The van der Waals surface area contributed by atoms with Gasteiger partial charge in [-0.15, -0.1) is 10.2 Å². The number of aromatic nitrogens is 5. The standard InChI is InChI=1S/C16H17F2N7O3S2/c1-9-7-10(2)25(23-9)15-21-22-16(24(15)19)29-8-13(26)20-11-3-5-12(6-4-11)30(27,28)14(17)18/h3-7,14H,8,19H2,1-2H3,(H,20,26). The molecule has 1 amide bonds. The number of sulfone groups is 1. The van der Waals surface area contributed by atoms with Crippen LogP contribution in [0, 0.1) is 13.8 Å². The number of alkyl halides is 2. The smallest absolute Gasteiger partial charge is 0.334 e. The van der Waals surface area contributed by atoms with Crippen LogP contribution in [0.2, 0.25) is 0 Å². The second kappa shape index (κ2) is 8.39. The van der Waals surface area contributed by atoms with Crippen molar-refractivity contribution in [2.24, 2.45) is 0 Å². The van der Waals surface area contributed by atoms with Gasteiger partial charge in [0, 0.05) is 11.4 Å². The Morgan fingerprint density at radius 2 is 1.90 bits per heavy atom. The van der Waals surface area contributed by atoms with Gasteiger partial charge >= 0.3 is 5.76 Å². The van der Waals surface area contributed by atoms with E-state index in [0.29, 0.717) is 5.95 Å². The van der Waals surface area contributed by atoms with Gasteiger partial charge in [-0.25, -0.2) is 17.8 Å². The van der Waals surface area contributed by atoms with Crippen LogP contribution in [0.4, 0.5) is 14.5 Å². The van der Waals surface area contributed by atoms with Crippen molar-refractivity contribution in [3.05, 3.63) is 41.7 Å². The summed E-state index contributed by atoms with van der Waals surface area (Å²) in [6, 6.07) is 6.31. The fourth-order valence-electron chi connectivity index (χ4n) is 2.50. The van der Waals surface area contributed by atoms with Crippen LogP contribution >= 0.6 is 11.8 Å². The third-order valence-electron chi connectivity index (χ3n) is 3.88. The van der Waals surface area contributed by atoms with E-state index >= 15 is 0 Å². The maximum Gasteiger partial charge on any atom is 0.341 e. The lowest BCUT2D eigenvalue weighted by Crippen LogP contribution is -2.19. The fraction of sp³-hybridized carbons (Fsp3) is 0.250. The predicted octanol–water partition coefficient (Wildman–Crippen LogP) is 1.52. The highest BCUT2D eigenvalue weighted by molar-refractivity contribution is 7.99. The summed E-state index contributed by atoms with van der Waals surface area (Å²) in [7, 11) is -4.68. The van der Waals surface area contributed by atoms with Gasteiger partial charge in [-0.1, -0.05) is 11.8 Å².